The summed E-state index contributed by atoms with van der Waals surface area (Å²) in [5.74, 6) is 0.839. The first-order valence-corrected chi connectivity index (χ1v) is 6.74. The minimum Gasteiger partial charge on any atom is -0.198 e. The van der Waals surface area contributed by atoms with E-state index in [1.807, 2.05) is 11.3 Å². The molecule has 0 saturated heterocycles. The Bertz CT molecular complexity index is 555. The van der Waals surface area contributed by atoms with Crippen molar-refractivity contribution in [1.82, 2.24) is 0 Å². The number of benzene rings is 1. The quantitative estimate of drug-likeness (QED) is 0.780. The Hall–Kier alpha value is -1.59. The lowest BCUT2D eigenvalue weighted by Crippen LogP contribution is -1.80. The van der Waals surface area contributed by atoms with Gasteiger partial charge in [0.1, 0.15) is 0 Å². The predicted octanol–water partition coefficient (Wildman–Crippen LogP) is 4.36. The van der Waals surface area contributed by atoms with Crippen LogP contribution in [0, 0.1) is 11.3 Å². The van der Waals surface area contributed by atoms with Crippen LogP contribution in [0.5, 0.6) is 0 Å². The summed E-state index contributed by atoms with van der Waals surface area (Å²) < 4.78 is 0. The monoisotopic (exact) mass is 239 g/mol. The third-order valence-corrected chi connectivity index (χ3v) is 4.42. The van der Waals surface area contributed by atoms with Crippen molar-refractivity contribution in [3.05, 3.63) is 46.8 Å². The summed E-state index contributed by atoms with van der Waals surface area (Å²) in [5.41, 5.74) is 2.36. The Morgan fingerprint density at radius 3 is 2.53 bits per heavy atom. The van der Waals surface area contributed by atoms with E-state index in [1.54, 1.807) is 0 Å². The molecule has 1 aliphatic rings. The highest BCUT2D eigenvalue weighted by Crippen LogP contribution is 2.44. The zero-order chi connectivity index (χ0) is 11.7. The predicted molar refractivity (Wildman–Crippen MR) is 71.0 cm³/mol. The molecule has 1 aromatic heterocycles. The van der Waals surface area contributed by atoms with Gasteiger partial charge in [-0.1, -0.05) is 24.3 Å². The SMILES string of the molecule is N#CCc1ccc(-c2ccc(C3CC3)s2)cc1. The van der Waals surface area contributed by atoms with Crippen molar-refractivity contribution in [3.8, 4) is 16.5 Å². The second-order valence-electron chi connectivity index (χ2n) is 4.51. The molecule has 0 bridgehead atoms. The van der Waals surface area contributed by atoms with Crippen LogP contribution in [0.15, 0.2) is 36.4 Å². The molecular weight excluding hydrogens is 226 g/mol. The van der Waals surface area contributed by atoms with Crippen molar-refractivity contribution in [2.75, 3.05) is 0 Å². The number of rotatable bonds is 3. The summed E-state index contributed by atoms with van der Waals surface area (Å²) in [6, 6.07) is 15.0. The first-order valence-electron chi connectivity index (χ1n) is 5.93. The first-order chi connectivity index (χ1) is 8.36. The molecule has 1 fully saturated rings. The molecule has 0 spiro atoms. The maximum Gasteiger partial charge on any atom is 0.0669 e. The van der Waals surface area contributed by atoms with Crippen molar-refractivity contribution in [3.63, 3.8) is 0 Å². The van der Waals surface area contributed by atoms with Gasteiger partial charge in [0.2, 0.25) is 0 Å². The Labute approximate surface area is 105 Å². The molecule has 0 unspecified atom stereocenters. The van der Waals surface area contributed by atoms with Crippen LogP contribution in [0.4, 0.5) is 0 Å². The molecular formula is C15H13NS. The van der Waals surface area contributed by atoms with Gasteiger partial charge in [0.05, 0.1) is 12.5 Å². The topological polar surface area (TPSA) is 23.8 Å². The van der Waals surface area contributed by atoms with Crippen molar-refractivity contribution in [2.45, 2.75) is 25.2 Å². The van der Waals surface area contributed by atoms with Gasteiger partial charge in [-0.15, -0.1) is 11.3 Å². The van der Waals surface area contributed by atoms with Gasteiger partial charge in [0, 0.05) is 9.75 Å². The van der Waals surface area contributed by atoms with Gasteiger partial charge >= 0.3 is 0 Å². The fourth-order valence-corrected chi connectivity index (χ4v) is 3.16. The summed E-state index contributed by atoms with van der Waals surface area (Å²) >= 11 is 1.91. The largest absolute Gasteiger partial charge is 0.198 e. The molecule has 0 radical (unpaired) electrons. The van der Waals surface area contributed by atoms with Crippen LogP contribution in [0.2, 0.25) is 0 Å². The van der Waals surface area contributed by atoms with Crippen LogP contribution in [-0.2, 0) is 6.42 Å². The van der Waals surface area contributed by atoms with Crippen molar-refractivity contribution in [2.24, 2.45) is 0 Å². The normalized spacial score (nSPS) is 14.5. The average molecular weight is 239 g/mol. The van der Waals surface area contributed by atoms with E-state index >= 15 is 0 Å². The number of hydrogen-bond acceptors (Lipinski definition) is 2. The molecule has 0 aliphatic heterocycles. The van der Waals surface area contributed by atoms with Crippen LogP contribution < -0.4 is 0 Å². The lowest BCUT2D eigenvalue weighted by atomic mass is 10.1. The minimum absolute atomic E-state index is 0.498. The van der Waals surface area contributed by atoms with Crippen molar-refractivity contribution >= 4 is 11.3 Å². The zero-order valence-electron chi connectivity index (χ0n) is 9.52. The molecule has 1 nitrogen and oxygen atoms in total. The lowest BCUT2D eigenvalue weighted by Gasteiger charge is -1.99. The van der Waals surface area contributed by atoms with E-state index in [4.69, 9.17) is 5.26 Å². The summed E-state index contributed by atoms with van der Waals surface area (Å²) in [4.78, 5) is 2.87. The molecule has 2 aromatic rings. The first kappa shape index (κ1) is 10.6. The molecule has 1 aromatic carbocycles. The number of thiophene rings is 1. The van der Waals surface area contributed by atoms with Gasteiger partial charge < -0.3 is 0 Å². The Balaban J connectivity index is 1.84. The maximum atomic E-state index is 8.63. The van der Waals surface area contributed by atoms with Crippen molar-refractivity contribution < 1.29 is 0 Å². The molecule has 2 heteroatoms. The second-order valence-corrected chi connectivity index (χ2v) is 5.62. The molecule has 0 N–H and O–H groups in total. The fraction of sp³-hybridized carbons (Fsp3) is 0.267. The molecule has 3 rings (SSSR count). The highest BCUT2D eigenvalue weighted by Gasteiger charge is 2.25. The summed E-state index contributed by atoms with van der Waals surface area (Å²) in [5, 5.41) is 8.63. The van der Waals surface area contributed by atoms with E-state index in [2.05, 4.69) is 42.5 Å². The summed E-state index contributed by atoms with van der Waals surface area (Å²) in [7, 11) is 0. The highest BCUT2D eigenvalue weighted by atomic mass is 32.1. The van der Waals surface area contributed by atoms with Gasteiger partial charge in [-0.2, -0.15) is 5.26 Å². The van der Waals surface area contributed by atoms with Crippen LogP contribution in [-0.4, -0.2) is 0 Å². The van der Waals surface area contributed by atoms with Crippen molar-refractivity contribution in [1.29, 1.82) is 5.26 Å². The lowest BCUT2D eigenvalue weighted by molar-refractivity contribution is 1.18. The Kier molecular flexibility index (Phi) is 2.70. The van der Waals surface area contributed by atoms with Gasteiger partial charge in [-0.25, -0.2) is 0 Å². The maximum absolute atomic E-state index is 8.63. The smallest absolute Gasteiger partial charge is 0.0669 e. The van der Waals surface area contributed by atoms with E-state index in [0.717, 1.165) is 11.5 Å². The van der Waals surface area contributed by atoms with E-state index in [1.165, 1.54) is 28.2 Å². The standard InChI is InChI=1S/C15H13NS/c16-10-9-11-1-3-12(4-2-11)14-7-8-15(17-14)13-5-6-13/h1-4,7-8,13H,5-6,9H2. The average Bonchev–Trinajstić information content (AvgIpc) is 3.09. The van der Waals surface area contributed by atoms with Gasteiger partial charge in [-0.05, 0) is 42.0 Å². The van der Waals surface area contributed by atoms with Gasteiger partial charge in [0.15, 0.2) is 0 Å². The minimum atomic E-state index is 0.498. The van der Waals surface area contributed by atoms with E-state index < -0.39 is 0 Å². The Morgan fingerprint density at radius 1 is 1.12 bits per heavy atom. The second kappa shape index (κ2) is 4.35. The molecule has 1 aliphatic carbocycles. The summed E-state index contributed by atoms with van der Waals surface area (Å²) in [6.45, 7) is 0. The Morgan fingerprint density at radius 2 is 1.88 bits per heavy atom. The molecule has 84 valence electrons. The van der Waals surface area contributed by atoms with Crippen LogP contribution in [0.1, 0.15) is 29.2 Å². The van der Waals surface area contributed by atoms with Crippen LogP contribution in [0.3, 0.4) is 0 Å². The van der Waals surface area contributed by atoms with Crippen LogP contribution >= 0.6 is 11.3 Å². The van der Waals surface area contributed by atoms with Gasteiger partial charge in [-0.3, -0.25) is 0 Å². The number of nitriles is 1. The molecule has 17 heavy (non-hydrogen) atoms. The van der Waals surface area contributed by atoms with Crippen LogP contribution in [0.25, 0.3) is 10.4 Å². The highest BCUT2D eigenvalue weighted by molar-refractivity contribution is 7.15. The fourth-order valence-electron chi connectivity index (χ4n) is 1.97. The molecule has 1 heterocycles. The third kappa shape index (κ3) is 2.25. The molecule has 0 amide bonds. The third-order valence-electron chi connectivity index (χ3n) is 3.13. The molecule has 0 atom stereocenters. The van der Waals surface area contributed by atoms with Gasteiger partial charge in [0.25, 0.3) is 0 Å². The van der Waals surface area contributed by atoms with E-state index in [-0.39, 0.29) is 0 Å². The number of nitrogens with zero attached hydrogens (tertiary/aromatic N) is 1. The van der Waals surface area contributed by atoms with E-state index in [0.29, 0.717) is 6.42 Å². The zero-order valence-corrected chi connectivity index (χ0v) is 10.3. The summed E-state index contributed by atoms with van der Waals surface area (Å²) in [6.07, 6.45) is 3.22. The number of hydrogen-bond donors (Lipinski definition) is 0. The van der Waals surface area contributed by atoms with E-state index in [9.17, 15) is 0 Å². The molecule has 1 saturated carbocycles.